The van der Waals surface area contributed by atoms with Crippen LogP contribution in [0, 0.1) is 0 Å². The van der Waals surface area contributed by atoms with Crippen LogP contribution >= 0.6 is 7.82 Å². The molecule has 2 fully saturated rings. The van der Waals surface area contributed by atoms with Crippen LogP contribution in [0.5, 0.6) is 0 Å². The van der Waals surface area contributed by atoms with Gasteiger partial charge in [0.2, 0.25) is 0 Å². The number of hydrogen-bond acceptors (Lipinski definition) is 8. The number of hydrogen-bond donors (Lipinski definition) is 2. The minimum atomic E-state index is -3.87. The van der Waals surface area contributed by atoms with Crippen molar-refractivity contribution in [1.29, 1.82) is 0 Å². The van der Waals surface area contributed by atoms with Crippen LogP contribution in [-0.2, 0) is 29.5 Å². The van der Waals surface area contributed by atoms with E-state index >= 15 is 0 Å². The van der Waals surface area contributed by atoms with Crippen LogP contribution < -0.4 is 17.0 Å². The average Bonchev–Trinajstić information content (AvgIpc) is 2.91. The zero-order valence-corrected chi connectivity index (χ0v) is 15.9. The first-order chi connectivity index (χ1) is 13.3. The molecule has 0 radical (unpaired) electrons. The van der Waals surface area contributed by atoms with Crippen molar-refractivity contribution in [3.63, 3.8) is 0 Å². The SMILES string of the molecule is C[C@]1(N)C(n2ccc(=O)[nH]c2=O)O[C@@H]2CO[P@](=O)(OCc3ccccc3)O[C@H]21. The van der Waals surface area contributed by atoms with Crippen LogP contribution in [0.4, 0.5) is 0 Å². The first-order valence-electron chi connectivity index (χ1n) is 8.66. The normalized spacial score (nSPS) is 34.9. The fourth-order valence-electron chi connectivity index (χ4n) is 3.34. The van der Waals surface area contributed by atoms with Crippen LogP contribution in [0.15, 0.2) is 52.2 Å². The highest BCUT2D eigenvalue weighted by molar-refractivity contribution is 7.48. The van der Waals surface area contributed by atoms with Crippen LogP contribution in [0.25, 0.3) is 0 Å². The summed E-state index contributed by atoms with van der Waals surface area (Å²) >= 11 is 0. The maximum absolute atomic E-state index is 12.9. The number of nitrogens with two attached hydrogens (primary N) is 1. The van der Waals surface area contributed by atoms with E-state index in [9.17, 15) is 14.2 Å². The van der Waals surface area contributed by atoms with E-state index in [0.717, 1.165) is 5.56 Å². The fourth-order valence-corrected chi connectivity index (χ4v) is 4.81. The molecule has 2 saturated heterocycles. The lowest BCUT2D eigenvalue weighted by atomic mass is 9.93. The van der Waals surface area contributed by atoms with E-state index in [1.807, 2.05) is 30.3 Å². The molecule has 11 heteroatoms. The standard InChI is InChI=1S/C17H20N3O7P/c1-17(18)14-12(26-15(17)20-8-7-13(21)19-16(20)22)10-25-28(23,27-14)24-9-11-5-3-2-4-6-11/h2-8,12,14-15H,9-10,18H2,1H3,(H,19,21,22)/t12-,14-,15?,17-,28+/m1/s1. The Morgan fingerprint density at radius 1 is 1.32 bits per heavy atom. The maximum Gasteiger partial charge on any atom is 0.475 e. The molecular formula is C17H20N3O7P. The van der Waals surface area contributed by atoms with Crippen molar-refractivity contribution in [2.45, 2.75) is 37.5 Å². The Labute approximate surface area is 159 Å². The minimum absolute atomic E-state index is 0.0421. The number of nitrogens with zero attached hydrogens (tertiary/aromatic N) is 1. The third-order valence-electron chi connectivity index (χ3n) is 4.76. The van der Waals surface area contributed by atoms with Gasteiger partial charge in [-0.1, -0.05) is 30.3 Å². The largest absolute Gasteiger partial charge is 0.475 e. The molecule has 0 amide bonds. The van der Waals surface area contributed by atoms with Crippen molar-refractivity contribution in [2.24, 2.45) is 5.73 Å². The zero-order valence-electron chi connectivity index (χ0n) is 15.0. The van der Waals surface area contributed by atoms with Gasteiger partial charge in [0.15, 0.2) is 6.23 Å². The lowest BCUT2D eigenvalue weighted by Gasteiger charge is -2.35. The molecule has 3 heterocycles. The van der Waals surface area contributed by atoms with Crippen molar-refractivity contribution < 1.29 is 22.9 Å². The second-order valence-electron chi connectivity index (χ2n) is 6.94. The Balaban J connectivity index is 1.54. The van der Waals surface area contributed by atoms with Crippen LogP contribution in [0.1, 0.15) is 18.7 Å². The molecule has 5 atom stereocenters. The fraction of sp³-hybridized carbons (Fsp3) is 0.412. The number of nitrogens with one attached hydrogen (secondary N) is 1. The predicted molar refractivity (Wildman–Crippen MR) is 97.5 cm³/mol. The van der Waals surface area contributed by atoms with Gasteiger partial charge in [-0.05, 0) is 12.5 Å². The number of rotatable bonds is 4. The zero-order chi connectivity index (χ0) is 19.9. The highest BCUT2D eigenvalue weighted by Crippen LogP contribution is 2.58. The number of phosphoric ester groups is 1. The number of aromatic amines is 1. The molecule has 2 aromatic rings. The Bertz CT molecular complexity index is 1020. The van der Waals surface area contributed by atoms with Crippen LogP contribution in [0.3, 0.4) is 0 Å². The van der Waals surface area contributed by atoms with Gasteiger partial charge in [-0.2, -0.15) is 0 Å². The predicted octanol–water partition coefficient (Wildman–Crippen LogP) is 0.892. The Kier molecular flexibility index (Phi) is 4.86. The van der Waals surface area contributed by atoms with Crippen molar-refractivity contribution in [3.05, 3.63) is 69.0 Å². The number of H-pyrrole nitrogens is 1. The van der Waals surface area contributed by atoms with Gasteiger partial charge in [-0.3, -0.25) is 27.9 Å². The lowest BCUT2D eigenvalue weighted by molar-refractivity contribution is -0.0730. The number of fused-ring (bicyclic) bond motifs is 1. The Morgan fingerprint density at radius 2 is 2.07 bits per heavy atom. The summed E-state index contributed by atoms with van der Waals surface area (Å²) in [6.45, 7) is 1.59. The molecule has 2 aliphatic rings. The van der Waals surface area contributed by atoms with Gasteiger partial charge >= 0.3 is 13.5 Å². The van der Waals surface area contributed by atoms with Gasteiger partial charge in [-0.25, -0.2) is 9.36 Å². The molecule has 150 valence electrons. The molecule has 0 bridgehead atoms. The molecule has 0 saturated carbocycles. The number of aromatic nitrogens is 2. The van der Waals surface area contributed by atoms with Crippen molar-refractivity contribution in [3.8, 4) is 0 Å². The van der Waals surface area contributed by atoms with Crippen molar-refractivity contribution >= 4 is 7.82 Å². The van der Waals surface area contributed by atoms with E-state index in [2.05, 4.69) is 4.98 Å². The van der Waals surface area contributed by atoms with Crippen LogP contribution in [0.2, 0.25) is 0 Å². The molecule has 4 rings (SSSR count). The van der Waals surface area contributed by atoms with E-state index in [4.69, 9.17) is 24.0 Å². The third kappa shape index (κ3) is 3.50. The topological polar surface area (TPSA) is 135 Å². The Hall–Kier alpha value is -2.07. The number of ether oxygens (including phenoxy) is 1. The van der Waals surface area contributed by atoms with E-state index in [-0.39, 0.29) is 13.2 Å². The Morgan fingerprint density at radius 3 is 2.79 bits per heavy atom. The summed E-state index contributed by atoms with van der Waals surface area (Å²) in [5, 5.41) is 0. The molecule has 0 aliphatic carbocycles. The highest BCUT2D eigenvalue weighted by atomic mass is 31.2. The molecule has 1 unspecified atom stereocenters. The minimum Gasteiger partial charge on any atom is -0.347 e. The summed E-state index contributed by atoms with van der Waals surface area (Å²) in [6, 6.07) is 10.4. The second-order valence-corrected chi connectivity index (χ2v) is 8.56. The van der Waals surface area contributed by atoms with Gasteiger partial charge < -0.3 is 10.5 Å². The summed E-state index contributed by atoms with van der Waals surface area (Å²) in [5.74, 6) is 0. The second kappa shape index (κ2) is 7.07. The number of phosphoric acid groups is 1. The van der Waals surface area contributed by atoms with Crippen molar-refractivity contribution in [2.75, 3.05) is 6.61 Å². The molecule has 3 N–H and O–H groups in total. The average molecular weight is 409 g/mol. The molecule has 1 aromatic heterocycles. The smallest absolute Gasteiger partial charge is 0.347 e. The van der Waals surface area contributed by atoms with Crippen molar-refractivity contribution in [1.82, 2.24) is 9.55 Å². The van der Waals surface area contributed by atoms with Gasteiger partial charge in [0.25, 0.3) is 5.56 Å². The summed E-state index contributed by atoms with van der Waals surface area (Å²) in [5.41, 5.74) is 4.78. The van der Waals surface area contributed by atoms with Gasteiger partial charge in [0.05, 0.1) is 18.8 Å². The molecular weight excluding hydrogens is 389 g/mol. The maximum atomic E-state index is 12.9. The summed E-state index contributed by atoms with van der Waals surface area (Å²) < 4.78 is 36.3. The monoisotopic (exact) mass is 409 g/mol. The van der Waals surface area contributed by atoms with Crippen LogP contribution in [-0.4, -0.2) is 33.9 Å². The van der Waals surface area contributed by atoms with E-state index in [1.54, 1.807) is 6.92 Å². The van der Waals surface area contributed by atoms with E-state index in [1.165, 1.54) is 16.8 Å². The summed E-state index contributed by atoms with van der Waals surface area (Å²) in [6.07, 6.45) is -1.15. The molecule has 1 aromatic carbocycles. The van der Waals surface area contributed by atoms with Gasteiger partial charge in [0.1, 0.15) is 12.2 Å². The van der Waals surface area contributed by atoms with Gasteiger partial charge in [0, 0.05) is 12.3 Å². The van der Waals surface area contributed by atoms with Gasteiger partial charge in [-0.15, -0.1) is 0 Å². The highest BCUT2D eigenvalue weighted by Gasteiger charge is 2.59. The molecule has 28 heavy (non-hydrogen) atoms. The lowest BCUT2D eigenvalue weighted by Crippen LogP contribution is -2.55. The first kappa shape index (κ1) is 19.3. The van der Waals surface area contributed by atoms with E-state index in [0.29, 0.717) is 0 Å². The third-order valence-corrected chi connectivity index (χ3v) is 6.16. The summed E-state index contributed by atoms with van der Waals surface area (Å²) in [4.78, 5) is 25.6. The number of benzene rings is 1. The van der Waals surface area contributed by atoms with E-state index < -0.39 is 43.0 Å². The first-order valence-corrected chi connectivity index (χ1v) is 10.1. The molecule has 2 aliphatic heterocycles. The summed E-state index contributed by atoms with van der Waals surface area (Å²) in [7, 11) is -3.87. The molecule has 0 spiro atoms. The quantitative estimate of drug-likeness (QED) is 0.711. The molecule has 10 nitrogen and oxygen atoms in total.